The average molecular weight is 205 g/mol. The first-order valence-electron chi connectivity index (χ1n) is 4.68. The topological polar surface area (TPSA) is 58.2 Å². The molecule has 1 aromatic carbocycles. The van der Waals surface area contributed by atoms with Gasteiger partial charge in [0.1, 0.15) is 0 Å². The van der Waals surface area contributed by atoms with E-state index in [4.69, 9.17) is 0 Å². The van der Waals surface area contributed by atoms with E-state index in [1.807, 2.05) is 30.3 Å². The molecular formula is C11H13N2O2. The number of carbonyl (C=O) groups excluding carboxylic acids is 2. The lowest BCUT2D eigenvalue weighted by Crippen LogP contribution is -2.44. The van der Waals surface area contributed by atoms with Crippen LogP contribution in [0.5, 0.6) is 0 Å². The van der Waals surface area contributed by atoms with E-state index >= 15 is 0 Å². The van der Waals surface area contributed by atoms with Crippen LogP contribution in [-0.2, 0) is 16.0 Å². The van der Waals surface area contributed by atoms with Gasteiger partial charge in [-0.3, -0.25) is 15.0 Å². The number of hydrogen-bond donors (Lipinski definition) is 2. The fraction of sp³-hybridized carbons (Fsp3) is 0.273. The molecule has 1 atom stereocenters. The van der Waals surface area contributed by atoms with Crippen molar-refractivity contribution in [2.45, 2.75) is 19.4 Å². The van der Waals surface area contributed by atoms with E-state index < -0.39 is 6.04 Å². The van der Waals surface area contributed by atoms with Crippen LogP contribution in [0.3, 0.4) is 0 Å². The molecule has 0 aromatic heterocycles. The Kier molecular flexibility index (Phi) is 4.50. The highest BCUT2D eigenvalue weighted by atomic mass is 16.2. The molecule has 1 amide bonds. The summed E-state index contributed by atoms with van der Waals surface area (Å²) in [6.45, 7) is 1.61. The Morgan fingerprint density at radius 3 is 2.67 bits per heavy atom. The Balaban J connectivity index is 2.34. The van der Waals surface area contributed by atoms with Crippen LogP contribution in [0.1, 0.15) is 12.5 Å². The minimum absolute atomic E-state index is 0.177. The van der Waals surface area contributed by atoms with Gasteiger partial charge in [0.15, 0.2) is 0 Å². The summed E-state index contributed by atoms with van der Waals surface area (Å²) in [6, 6.07) is 8.88. The highest BCUT2D eigenvalue weighted by Crippen LogP contribution is 1.98. The molecule has 15 heavy (non-hydrogen) atoms. The third-order valence-corrected chi connectivity index (χ3v) is 1.81. The van der Waals surface area contributed by atoms with Gasteiger partial charge in [0, 0.05) is 0 Å². The third-order valence-electron chi connectivity index (χ3n) is 1.81. The lowest BCUT2D eigenvalue weighted by atomic mass is 10.1. The van der Waals surface area contributed by atoms with Crippen molar-refractivity contribution in [3.05, 3.63) is 35.9 Å². The van der Waals surface area contributed by atoms with Crippen LogP contribution in [0.4, 0.5) is 0 Å². The van der Waals surface area contributed by atoms with E-state index in [0.717, 1.165) is 5.56 Å². The van der Waals surface area contributed by atoms with E-state index in [0.29, 0.717) is 6.42 Å². The summed E-state index contributed by atoms with van der Waals surface area (Å²) in [5, 5.41) is 0. The second-order valence-corrected chi connectivity index (χ2v) is 3.19. The van der Waals surface area contributed by atoms with Gasteiger partial charge < -0.3 is 0 Å². The summed E-state index contributed by atoms with van der Waals surface area (Å²) < 4.78 is 0. The Morgan fingerprint density at radius 1 is 1.40 bits per heavy atom. The van der Waals surface area contributed by atoms with Crippen LogP contribution in [0.15, 0.2) is 30.3 Å². The third kappa shape index (κ3) is 4.37. The molecule has 79 valence electrons. The number of amides is 1. The highest BCUT2D eigenvalue weighted by Gasteiger charge is 2.04. The predicted octanol–water partition coefficient (Wildman–Crippen LogP) is 0.348. The summed E-state index contributed by atoms with van der Waals surface area (Å²) in [5.74, 6) is -0.177. The Bertz CT molecular complexity index is 325. The standard InChI is InChI=1S/C11H13N2O2/c1-9(8-14)12-13-11(15)7-10-5-3-2-4-6-10/h2-6,9,12H,7H2,1H3,(H,13,15)/t9-/m1/s1. The fourth-order valence-electron chi connectivity index (χ4n) is 1.04. The molecule has 0 fully saturated rings. The lowest BCUT2D eigenvalue weighted by molar-refractivity contribution is -0.121. The van der Waals surface area contributed by atoms with Crippen LogP contribution >= 0.6 is 0 Å². The molecular weight excluding hydrogens is 192 g/mol. The molecule has 0 spiro atoms. The van der Waals surface area contributed by atoms with Crippen LogP contribution in [0, 0.1) is 0 Å². The van der Waals surface area contributed by atoms with Gasteiger partial charge in [-0.05, 0) is 12.5 Å². The van der Waals surface area contributed by atoms with Crippen molar-refractivity contribution in [2.24, 2.45) is 0 Å². The van der Waals surface area contributed by atoms with E-state index in [1.165, 1.54) is 0 Å². The molecule has 4 nitrogen and oxygen atoms in total. The molecule has 0 aliphatic heterocycles. The van der Waals surface area contributed by atoms with Crippen molar-refractivity contribution in [3.8, 4) is 0 Å². The lowest BCUT2D eigenvalue weighted by Gasteiger charge is -2.08. The van der Waals surface area contributed by atoms with Crippen LogP contribution in [0.25, 0.3) is 0 Å². The fourth-order valence-corrected chi connectivity index (χ4v) is 1.04. The Labute approximate surface area is 88.6 Å². The summed E-state index contributed by atoms with van der Waals surface area (Å²) in [5.41, 5.74) is 5.89. The first kappa shape index (κ1) is 11.4. The Morgan fingerprint density at radius 2 is 2.07 bits per heavy atom. The van der Waals surface area contributed by atoms with Crippen molar-refractivity contribution in [2.75, 3.05) is 0 Å². The maximum absolute atomic E-state index is 11.3. The van der Waals surface area contributed by atoms with Crippen molar-refractivity contribution in [1.82, 2.24) is 10.9 Å². The molecule has 0 saturated carbocycles. The molecule has 0 saturated heterocycles. The monoisotopic (exact) mass is 205 g/mol. The van der Waals surface area contributed by atoms with Gasteiger partial charge in [0.2, 0.25) is 12.2 Å². The van der Waals surface area contributed by atoms with Gasteiger partial charge in [-0.1, -0.05) is 30.3 Å². The van der Waals surface area contributed by atoms with Crippen molar-refractivity contribution >= 4 is 12.2 Å². The van der Waals surface area contributed by atoms with Crippen molar-refractivity contribution in [3.63, 3.8) is 0 Å². The van der Waals surface area contributed by atoms with Crippen LogP contribution < -0.4 is 10.9 Å². The molecule has 0 bridgehead atoms. The molecule has 0 heterocycles. The normalized spacial score (nSPS) is 11.8. The minimum Gasteiger partial charge on any atom is -0.291 e. The maximum atomic E-state index is 11.3. The average Bonchev–Trinajstić information content (AvgIpc) is 2.27. The maximum Gasteiger partial charge on any atom is 0.238 e. The summed E-state index contributed by atoms with van der Waals surface area (Å²) in [4.78, 5) is 21.5. The second kappa shape index (κ2) is 5.93. The largest absolute Gasteiger partial charge is 0.291 e. The zero-order chi connectivity index (χ0) is 11.1. The number of hydrazine groups is 1. The van der Waals surface area contributed by atoms with Gasteiger partial charge in [0.05, 0.1) is 12.5 Å². The SMILES string of the molecule is C[C@H]([C]=O)NNC(=O)Cc1ccccc1. The van der Waals surface area contributed by atoms with Gasteiger partial charge in [-0.2, -0.15) is 0 Å². The van der Waals surface area contributed by atoms with Gasteiger partial charge in [0.25, 0.3) is 0 Å². The van der Waals surface area contributed by atoms with E-state index in [-0.39, 0.29) is 5.91 Å². The smallest absolute Gasteiger partial charge is 0.238 e. The number of hydrogen-bond acceptors (Lipinski definition) is 3. The summed E-state index contributed by atoms with van der Waals surface area (Å²) in [6.07, 6.45) is 2.00. The molecule has 1 aromatic rings. The van der Waals surface area contributed by atoms with Crippen molar-refractivity contribution in [1.29, 1.82) is 0 Å². The van der Waals surface area contributed by atoms with Gasteiger partial charge >= 0.3 is 0 Å². The molecule has 1 rings (SSSR count). The second-order valence-electron chi connectivity index (χ2n) is 3.19. The molecule has 2 N–H and O–H groups in total. The minimum atomic E-state index is -0.496. The van der Waals surface area contributed by atoms with E-state index in [2.05, 4.69) is 10.9 Å². The first-order valence-corrected chi connectivity index (χ1v) is 4.68. The van der Waals surface area contributed by atoms with Gasteiger partial charge in [-0.25, -0.2) is 5.43 Å². The summed E-state index contributed by atoms with van der Waals surface area (Å²) >= 11 is 0. The highest BCUT2D eigenvalue weighted by molar-refractivity contribution is 5.78. The molecule has 0 aliphatic carbocycles. The zero-order valence-corrected chi connectivity index (χ0v) is 8.49. The van der Waals surface area contributed by atoms with Gasteiger partial charge in [-0.15, -0.1) is 0 Å². The number of carbonyl (C=O) groups is 1. The first-order chi connectivity index (χ1) is 7.22. The number of benzene rings is 1. The molecule has 0 unspecified atom stereocenters. The van der Waals surface area contributed by atoms with Crippen molar-refractivity contribution < 1.29 is 9.59 Å². The predicted molar refractivity (Wildman–Crippen MR) is 56.6 cm³/mol. The van der Waals surface area contributed by atoms with Crippen LogP contribution in [0.2, 0.25) is 0 Å². The summed E-state index contributed by atoms with van der Waals surface area (Å²) in [7, 11) is 0. The molecule has 4 heteroatoms. The number of rotatable bonds is 5. The van der Waals surface area contributed by atoms with Crippen LogP contribution in [-0.4, -0.2) is 18.2 Å². The number of nitrogens with one attached hydrogen (secondary N) is 2. The van der Waals surface area contributed by atoms with E-state index in [9.17, 15) is 9.59 Å². The van der Waals surface area contributed by atoms with E-state index in [1.54, 1.807) is 13.2 Å². The zero-order valence-electron chi connectivity index (χ0n) is 8.49. The quantitative estimate of drug-likeness (QED) is 0.682. The molecule has 0 aliphatic rings. The Hall–Kier alpha value is -1.68. The molecule has 1 radical (unpaired) electrons.